The van der Waals surface area contributed by atoms with Gasteiger partial charge in [-0.05, 0) is 14.1 Å². The van der Waals surface area contributed by atoms with Crippen LogP contribution >= 0.6 is 0 Å². The van der Waals surface area contributed by atoms with Crippen molar-refractivity contribution >= 4 is 11.9 Å². The fraction of sp³-hybridized carbons (Fsp3) is 0.846. The van der Waals surface area contributed by atoms with Gasteiger partial charge in [-0.3, -0.25) is 14.5 Å². The van der Waals surface area contributed by atoms with Crippen molar-refractivity contribution < 1.29 is 19.4 Å². The molecule has 0 saturated carbocycles. The molecule has 7 heteroatoms. The summed E-state index contributed by atoms with van der Waals surface area (Å²) in [6.45, 7) is 4.12. The molecule has 2 unspecified atom stereocenters. The minimum atomic E-state index is -0.855. The van der Waals surface area contributed by atoms with E-state index in [2.05, 4.69) is 4.90 Å². The number of piperazine rings is 1. The molecule has 114 valence electrons. The smallest absolute Gasteiger partial charge is 0.310 e. The third-order valence-corrected chi connectivity index (χ3v) is 4.17. The summed E-state index contributed by atoms with van der Waals surface area (Å²) >= 11 is 0. The van der Waals surface area contributed by atoms with Crippen LogP contribution in [-0.4, -0.2) is 97.8 Å². The molecule has 20 heavy (non-hydrogen) atoms. The molecule has 0 aromatic carbocycles. The van der Waals surface area contributed by atoms with Gasteiger partial charge in [-0.15, -0.1) is 0 Å². The molecule has 2 atom stereocenters. The van der Waals surface area contributed by atoms with Crippen molar-refractivity contribution in [3.05, 3.63) is 0 Å². The first-order valence-electron chi connectivity index (χ1n) is 6.96. The third-order valence-electron chi connectivity index (χ3n) is 4.17. The van der Waals surface area contributed by atoms with Gasteiger partial charge in [0.25, 0.3) is 0 Å². The van der Waals surface area contributed by atoms with Crippen LogP contribution in [0.25, 0.3) is 0 Å². The SMILES string of the molecule is CN1CCN(C(=O)CN(C)C2COCC2C(=O)O)CC1. The number of carbonyl (C=O) groups excluding carboxylic acids is 1. The zero-order valence-electron chi connectivity index (χ0n) is 12.1. The van der Waals surface area contributed by atoms with Crippen LogP contribution in [0.4, 0.5) is 0 Å². The number of carboxylic acids is 1. The molecule has 0 bridgehead atoms. The highest BCUT2D eigenvalue weighted by Crippen LogP contribution is 2.19. The average Bonchev–Trinajstić information content (AvgIpc) is 2.88. The van der Waals surface area contributed by atoms with E-state index in [1.165, 1.54) is 0 Å². The average molecular weight is 285 g/mol. The lowest BCUT2D eigenvalue weighted by molar-refractivity contribution is -0.144. The number of likely N-dealkylation sites (N-methyl/N-ethyl adjacent to an activating group) is 2. The van der Waals surface area contributed by atoms with E-state index in [0.717, 1.165) is 26.2 Å². The molecule has 7 nitrogen and oxygen atoms in total. The second kappa shape index (κ2) is 6.51. The Morgan fingerprint density at radius 3 is 2.50 bits per heavy atom. The zero-order valence-corrected chi connectivity index (χ0v) is 12.1. The molecule has 2 aliphatic heterocycles. The lowest BCUT2D eigenvalue weighted by atomic mass is 10.0. The Hall–Kier alpha value is -1.18. The number of aliphatic carboxylic acids is 1. The first-order valence-corrected chi connectivity index (χ1v) is 6.96. The van der Waals surface area contributed by atoms with Crippen molar-refractivity contribution in [3.63, 3.8) is 0 Å². The van der Waals surface area contributed by atoms with Gasteiger partial charge in [-0.2, -0.15) is 0 Å². The van der Waals surface area contributed by atoms with Crippen LogP contribution in [-0.2, 0) is 14.3 Å². The molecule has 0 aromatic rings. The van der Waals surface area contributed by atoms with E-state index in [-0.39, 0.29) is 25.1 Å². The molecule has 0 aromatic heterocycles. The lowest BCUT2D eigenvalue weighted by Crippen LogP contribution is -2.51. The van der Waals surface area contributed by atoms with Gasteiger partial charge in [0.1, 0.15) is 0 Å². The van der Waals surface area contributed by atoms with Crippen molar-refractivity contribution in [1.82, 2.24) is 14.7 Å². The summed E-state index contributed by atoms with van der Waals surface area (Å²) in [5, 5.41) is 9.14. The maximum atomic E-state index is 12.2. The highest BCUT2D eigenvalue weighted by Gasteiger charge is 2.37. The van der Waals surface area contributed by atoms with E-state index < -0.39 is 11.9 Å². The summed E-state index contributed by atoms with van der Waals surface area (Å²) in [4.78, 5) is 29.2. The van der Waals surface area contributed by atoms with Crippen molar-refractivity contribution in [3.8, 4) is 0 Å². The van der Waals surface area contributed by atoms with Crippen molar-refractivity contribution in [2.45, 2.75) is 6.04 Å². The number of hydrogen-bond donors (Lipinski definition) is 1. The molecule has 2 fully saturated rings. The second-order valence-electron chi connectivity index (χ2n) is 5.65. The number of hydrogen-bond acceptors (Lipinski definition) is 5. The van der Waals surface area contributed by atoms with E-state index in [4.69, 9.17) is 9.84 Å². The van der Waals surface area contributed by atoms with Crippen LogP contribution < -0.4 is 0 Å². The van der Waals surface area contributed by atoms with Crippen molar-refractivity contribution in [2.75, 3.05) is 60.0 Å². The van der Waals surface area contributed by atoms with Crippen LogP contribution in [0, 0.1) is 5.92 Å². The molecule has 0 aliphatic carbocycles. The first kappa shape index (κ1) is 15.2. The maximum absolute atomic E-state index is 12.2. The molecule has 2 rings (SSSR count). The normalized spacial score (nSPS) is 28.1. The fourth-order valence-electron chi connectivity index (χ4n) is 2.70. The van der Waals surface area contributed by atoms with E-state index in [1.54, 1.807) is 7.05 Å². The highest BCUT2D eigenvalue weighted by atomic mass is 16.5. The van der Waals surface area contributed by atoms with Gasteiger partial charge in [0.2, 0.25) is 5.91 Å². The Morgan fingerprint density at radius 2 is 1.90 bits per heavy atom. The van der Waals surface area contributed by atoms with Gasteiger partial charge < -0.3 is 19.6 Å². The summed E-state index contributed by atoms with van der Waals surface area (Å²) in [5.74, 6) is -1.33. The zero-order chi connectivity index (χ0) is 14.7. The summed E-state index contributed by atoms with van der Waals surface area (Å²) in [7, 11) is 3.84. The van der Waals surface area contributed by atoms with E-state index >= 15 is 0 Å². The molecule has 1 N–H and O–H groups in total. The van der Waals surface area contributed by atoms with Crippen LogP contribution in [0.2, 0.25) is 0 Å². The van der Waals surface area contributed by atoms with Gasteiger partial charge in [0.05, 0.1) is 25.7 Å². The fourth-order valence-corrected chi connectivity index (χ4v) is 2.70. The second-order valence-corrected chi connectivity index (χ2v) is 5.65. The van der Waals surface area contributed by atoms with Gasteiger partial charge in [-0.25, -0.2) is 0 Å². The predicted octanol–water partition coefficient (Wildman–Crippen LogP) is -1.21. The van der Waals surface area contributed by atoms with Crippen LogP contribution in [0.15, 0.2) is 0 Å². The van der Waals surface area contributed by atoms with Gasteiger partial charge in [-0.1, -0.05) is 0 Å². The summed E-state index contributed by atoms with van der Waals surface area (Å²) < 4.78 is 5.24. The number of nitrogens with zero attached hydrogens (tertiary/aromatic N) is 3. The van der Waals surface area contributed by atoms with E-state index in [0.29, 0.717) is 6.61 Å². The molecule has 1 amide bonds. The Balaban J connectivity index is 1.86. The number of ether oxygens (including phenoxy) is 1. The van der Waals surface area contributed by atoms with Crippen molar-refractivity contribution in [2.24, 2.45) is 5.92 Å². The Labute approximate surface area is 119 Å². The van der Waals surface area contributed by atoms with Crippen molar-refractivity contribution in [1.29, 1.82) is 0 Å². The minimum Gasteiger partial charge on any atom is -0.481 e. The molecule has 0 spiro atoms. The highest BCUT2D eigenvalue weighted by molar-refractivity contribution is 5.78. The summed E-state index contributed by atoms with van der Waals surface area (Å²) in [6, 6.07) is -0.219. The lowest BCUT2D eigenvalue weighted by Gasteiger charge is -2.34. The summed E-state index contributed by atoms with van der Waals surface area (Å²) in [5.41, 5.74) is 0. The standard InChI is InChI=1S/C13H23N3O4/c1-14-3-5-16(6-4-14)12(17)7-15(2)11-9-20-8-10(11)13(18)19/h10-11H,3-9H2,1-2H3,(H,18,19). The topological polar surface area (TPSA) is 73.3 Å². The number of carbonyl (C=O) groups is 2. The number of carboxylic acid groups (broad SMARTS) is 1. The molecular formula is C13H23N3O4. The number of rotatable bonds is 4. The van der Waals surface area contributed by atoms with Gasteiger partial charge >= 0.3 is 5.97 Å². The van der Waals surface area contributed by atoms with E-state index in [9.17, 15) is 9.59 Å². The van der Waals surface area contributed by atoms with Gasteiger partial charge in [0.15, 0.2) is 0 Å². The minimum absolute atomic E-state index is 0.0663. The molecule has 2 saturated heterocycles. The van der Waals surface area contributed by atoms with E-state index in [1.807, 2.05) is 16.8 Å². The first-order chi connectivity index (χ1) is 9.49. The molecule has 2 heterocycles. The Morgan fingerprint density at radius 1 is 1.25 bits per heavy atom. The predicted molar refractivity (Wildman–Crippen MR) is 72.4 cm³/mol. The third kappa shape index (κ3) is 3.47. The quantitative estimate of drug-likeness (QED) is 0.699. The van der Waals surface area contributed by atoms with Gasteiger partial charge in [0, 0.05) is 32.2 Å². The molecule has 2 aliphatic rings. The number of amides is 1. The van der Waals surface area contributed by atoms with Crippen LogP contribution in [0.1, 0.15) is 0 Å². The molecule has 0 radical (unpaired) electrons. The van der Waals surface area contributed by atoms with Crippen LogP contribution in [0.5, 0.6) is 0 Å². The summed E-state index contributed by atoms with van der Waals surface area (Å²) in [6.07, 6.45) is 0. The monoisotopic (exact) mass is 285 g/mol. The molecular weight excluding hydrogens is 262 g/mol. The van der Waals surface area contributed by atoms with Crippen LogP contribution in [0.3, 0.4) is 0 Å². The Kier molecular flexibility index (Phi) is 4.95. The Bertz CT molecular complexity index is 369. The largest absolute Gasteiger partial charge is 0.481 e. The maximum Gasteiger partial charge on any atom is 0.310 e.